The number of benzene rings is 1. The van der Waals surface area contributed by atoms with E-state index in [2.05, 4.69) is 11.9 Å². The molecule has 1 aliphatic heterocycles. The molecule has 100 valence electrons. The highest BCUT2D eigenvalue weighted by molar-refractivity contribution is 5.89. The number of fused-ring (bicyclic) bond motifs is 1. The predicted molar refractivity (Wildman–Crippen MR) is 72.7 cm³/mol. The first-order valence-corrected chi connectivity index (χ1v) is 6.24. The third-order valence-corrected chi connectivity index (χ3v) is 3.41. The Morgan fingerprint density at radius 1 is 1.58 bits per heavy atom. The molecule has 1 heterocycles. The molecule has 0 saturated heterocycles. The van der Waals surface area contributed by atoms with Gasteiger partial charge in [-0.25, -0.2) is 0 Å². The zero-order chi connectivity index (χ0) is 13.8. The van der Waals surface area contributed by atoms with Crippen LogP contribution in [-0.2, 0) is 11.2 Å². The largest absolute Gasteiger partial charge is 0.496 e. The Bertz CT molecular complexity index is 522. The van der Waals surface area contributed by atoms with Crippen LogP contribution in [0.5, 0.6) is 5.75 Å². The molecule has 19 heavy (non-hydrogen) atoms. The number of rotatable bonds is 5. The summed E-state index contributed by atoms with van der Waals surface area (Å²) in [7, 11) is 1.55. The molecule has 0 aromatic heterocycles. The number of carbonyl (C=O) groups excluding carboxylic acids is 2. The molecule has 0 spiro atoms. The number of ketones is 1. The summed E-state index contributed by atoms with van der Waals surface area (Å²) in [5, 5.41) is 3.30. The molecular formula is C15H17NO3. The van der Waals surface area contributed by atoms with Crippen molar-refractivity contribution < 1.29 is 14.3 Å². The van der Waals surface area contributed by atoms with E-state index >= 15 is 0 Å². The number of nitrogens with one attached hydrogen (secondary N) is 1. The van der Waals surface area contributed by atoms with Gasteiger partial charge in [0.15, 0.2) is 12.1 Å². The molecule has 1 atom stereocenters. The molecule has 1 aromatic rings. The number of methoxy groups -OCH3 is 1. The van der Waals surface area contributed by atoms with Crippen molar-refractivity contribution in [2.24, 2.45) is 0 Å². The first kappa shape index (κ1) is 13.5. The fourth-order valence-electron chi connectivity index (χ4n) is 2.42. The quantitative estimate of drug-likeness (QED) is 0.647. The average molecular weight is 259 g/mol. The topological polar surface area (TPSA) is 55.4 Å². The molecule has 0 unspecified atom stereocenters. The summed E-state index contributed by atoms with van der Waals surface area (Å²) in [6, 6.07) is 3.65. The Labute approximate surface area is 112 Å². The molecule has 4 heteroatoms. The number of allylic oxidation sites excluding steroid dienone is 1. The monoisotopic (exact) mass is 259 g/mol. The van der Waals surface area contributed by atoms with Crippen molar-refractivity contribution in [2.45, 2.75) is 18.9 Å². The van der Waals surface area contributed by atoms with E-state index in [4.69, 9.17) is 4.74 Å². The van der Waals surface area contributed by atoms with E-state index < -0.39 is 0 Å². The minimum absolute atomic E-state index is 0.00572. The van der Waals surface area contributed by atoms with Crippen molar-refractivity contribution in [1.82, 2.24) is 5.32 Å². The summed E-state index contributed by atoms with van der Waals surface area (Å²) in [5.74, 6) is 0.582. The highest BCUT2D eigenvalue weighted by Gasteiger charge is 2.23. The van der Waals surface area contributed by atoms with Gasteiger partial charge in [-0.05, 0) is 42.3 Å². The summed E-state index contributed by atoms with van der Waals surface area (Å²) in [6.07, 6.45) is 3.34. The molecule has 1 N–H and O–H groups in total. The van der Waals surface area contributed by atoms with Gasteiger partial charge in [-0.15, -0.1) is 0 Å². The van der Waals surface area contributed by atoms with Crippen LogP contribution in [0.4, 0.5) is 0 Å². The van der Waals surface area contributed by atoms with E-state index in [1.54, 1.807) is 7.11 Å². The van der Waals surface area contributed by atoms with Crippen LogP contribution < -0.4 is 10.1 Å². The molecule has 1 aliphatic rings. The lowest BCUT2D eigenvalue weighted by molar-refractivity contribution is -0.115. The van der Waals surface area contributed by atoms with E-state index in [0.717, 1.165) is 30.4 Å². The Hall–Kier alpha value is -1.94. The fourth-order valence-corrected chi connectivity index (χ4v) is 2.42. The second-order valence-corrected chi connectivity index (χ2v) is 4.54. The normalized spacial score (nSPS) is 17.4. The van der Waals surface area contributed by atoms with E-state index in [1.165, 1.54) is 6.08 Å². The molecule has 2 rings (SSSR count). The van der Waals surface area contributed by atoms with Crippen LogP contribution in [0.15, 0.2) is 24.8 Å². The molecule has 4 nitrogen and oxygen atoms in total. The number of hydrogen-bond acceptors (Lipinski definition) is 4. The summed E-state index contributed by atoms with van der Waals surface area (Å²) >= 11 is 0. The van der Waals surface area contributed by atoms with Gasteiger partial charge in [0, 0.05) is 12.5 Å². The molecule has 1 aromatic carbocycles. The SMILES string of the molecule is C=CC(=O)C[C@@H]1NCCc2cc(OC)c(C=O)cc21. The van der Waals surface area contributed by atoms with Gasteiger partial charge in [-0.2, -0.15) is 0 Å². The van der Waals surface area contributed by atoms with Gasteiger partial charge < -0.3 is 10.1 Å². The van der Waals surface area contributed by atoms with Crippen LogP contribution in [0.25, 0.3) is 0 Å². The summed E-state index contributed by atoms with van der Waals surface area (Å²) in [4.78, 5) is 22.6. The van der Waals surface area contributed by atoms with E-state index in [0.29, 0.717) is 17.7 Å². The lowest BCUT2D eigenvalue weighted by atomic mass is 9.89. The van der Waals surface area contributed by atoms with E-state index in [-0.39, 0.29) is 11.8 Å². The first-order chi connectivity index (χ1) is 9.19. The maximum Gasteiger partial charge on any atom is 0.156 e. The maximum absolute atomic E-state index is 11.5. The summed E-state index contributed by atoms with van der Waals surface area (Å²) < 4.78 is 5.21. The van der Waals surface area contributed by atoms with Crippen LogP contribution in [0, 0.1) is 0 Å². The second-order valence-electron chi connectivity index (χ2n) is 4.54. The molecule has 0 bridgehead atoms. The van der Waals surface area contributed by atoms with Crippen LogP contribution in [0.1, 0.15) is 33.9 Å². The second kappa shape index (κ2) is 5.80. The lowest BCUT2D eigenvalue weighted by Gasteiger charge is -2.27. The van der Waals surface area contributed by atoms with Gasteiger partial charge in [0.1, 0.15) is 5.75 Å². The van der Waals surface area contributed by atoms with E-state index in [1.807, 2.05) is 12.1 Å². The zero-order valence-corrected chi connectivity index (χ0v) is 10.9. The molecular weight excluding hydrogens is 242 g/mol. The minimum Gasteiger partial charge on any atom is -0.496 e. The molecule has 0 amide bonds. The van der Waals surface area contributed by atoms with Gasteiger partial charge in [0.2, 0.25) is 0 Å². The predicted octanol–water partition coefficient (Wildman–Crippen LogP) is 1.84. The highest BCUT2D eigenvalue weighted by atomic mass is 16.5. The minimum atomic E-state index is -0.0566. The van der Waals surface area contributed by atoms with Crippen molar-refractivity contribution in [3.05, 3.63) is 41.5 Å². The van der Waals surface area contributed by atoms with Crippen molar-refractivity contribution in [3.63, 3.8) is 0 Å². The smallest absolute Gasteiger partial charge is 0.156 e. The van der Waals surface area contributed by atoms with E-state index in [9.17, 15) is 9.59 Å². The standard InChI is InChI=1S/C15H17NO3/c1-3-12(18)8-14-13-6-11(9-17)15(19-2)7-10(13)4-5-16-14/h3,6-7,9,14,16H,1,4-5,8H2,2H3/t14-/m0/s1. The molecule has 0 saturated carbocycles. The van der Waals surface area contributed by atoms with Gasteiger partial charge in [-0.3, -0.25) is 9.59 Å². The van der Waals surface area contributed by atoms with Crippen LogP contribution in [0.2, 0.25) is 0 Å². The van der Waals surface area contributed by atoms with Crippen LogP contribution in [0.3, 0.4) is 0 Å². The Balaban J connectivity index is 2.39. The van der Waals surface area contributed by atoms with Crippen LogP contribution >= 0.6 is 0 Å². The Morgan fingerprint density at radius 2 is 2.37 bits per heavy atom. The zero-order valence-electron chi connectivity index (χ0n) is 10.9. The number of ether oxygens (including phenoxy) is 1. The van der Waals surface area contributed by atoms with Crippen molar-refractivity contribution in [2.75, 3.05) is 13.7 Å². The van der Waals surface area contributed by atoms with Crippen molar-refractivity contribution in [1.29, 1.82) is 0 Å². The molecule has 0 radical (unpaired) electrons. The van der Waals surface area contributed by atoms with Crippen molar-refractivity contribution in [3.8, 4) is 5.75 Å². The summed E-state index contributed by atoms with van der Waals surface area (Å²) in [5.41, 5.74) is 2.65. The summed E-state index contributed by atoms with van der Waals surface area (Å²) in [6.45, 7) is 4.30. The highest BCUT2D eigenvalue weighted by Crippen LogP contribution is 2.31. The maximum atomic E-state index is 11.5. The van der Waals surface area contributed by atoms with Crippen LogP contribution in [-0.4, -0.2) is 25.7 Å². The first-order valence-electron chi connectivity index (χ1n) is 6.24. The van der Waals surface area contributed by atoms with Gasteiger partial charge >= 0.3 is 0 Å². The Morgan fingerprint density at radius 3 is 3.00 bits per heavy atom. The number of hydrogen-bond donors (Lipinski definition) is 1. The number of aldehydes is 1. The molecule has 0 fully saturated rings. The third kappa shape index (κ3) is 2.74. The van der Waals surface area contributed by atoms with Gasteiger partial charge in [0.25, 0.3) is 0 Å². The van der Waals surface area contributed by atoms with Gasteiger partial charge in [0.05, 0.1) is 12.7 Å². The van der Waals surface area contributed by atoms with Crippen molar-refractivity contribution >= 4 is 12.1 Å². The molecule has 0 aliphatic carbocycles. The van der Waals surface area contributed by atoms with Gasteiger partial charge in [-0.1, -0.05) is 6.58 Å². The Kier molecular flexibility index (Phi) is 4.12. The number of carbonyl (C=O) groups is 2. The fraction of sp³-hybridized carbons (Fsp3) is 0.333. The third-order valence-electron chi connectivity index (χ3n) is 3.41. The lowest BCUT2D eigenvalue weighted by Crippen LogP contribution is -2.31. The average Bonchev–Trinajstić information content (AvgIpc) is 2.45.